The average Bonchev–Trinajstić information content (AvgIpc) is 2.43. The molecule has 0 aliphatic heterocycles. The lowest BCUT2D eigenvalue weighted by molar-refractivity contribution is -0.150. The summed E-state index contributed by atoms with van der Waals surface area (Å²) in [7, 11) is 1.74. The summed E-state index contributed by atoms with van der Waals surface area (Å²) in [6.45, 7) is 0.290. The first-order valence-electron chi connectivity index (χ1n) is 7.59. The normalized spacial score (nSPS) is 27.4. The number of likely N-dealkylation sites (N-methyl/N-ethyl adjacent to an activating group) is 1. The van der Waals surface area contributed by atoms with E-state index in [1.54, 1.807) is 31.3 Å². The van der Waals surface area contributed by atoms with E-state index in [1.807, 2.05) is 0 Å². The maximum Gasteiger partial charge on any atom is 0.258 e. The Bertz CT molecular complexity index is 598. The first kappa shape index (κ1) is 16.1. The third-order valence-corrected chi connectivity index (χ3v) is 4.61. The van der Waals surface area contributed by atoms with Crippen LogP contribution in [0.25, 0.3) is 0 Å². The fourth-order valence-corrected chi connectivity index (χ4v) is 3.69. The molecule has 1 aromatic carbocycles. The van der Waals surface area contributed by atoms with Crippen LogP contribution in [0, 0.1) is 0 Å². The van der Waals surface area contributed by atoms with E-state index in [0.717, 1.165) is 19.3 Å². The first-order chi connectivity index (χ1) is 10.9. The van der Waals surface area contributed by atoms with Crippen LogP contribution in [0.3, 0.4) is 0 Å². The predicted octanol–water partition coefficient (Wildman–Crippen LogP) is 0.846. The minimum absolute atomic E-state index is 0.00167. The van der Waals surface area contributed by atoms with Gasteiger partial charge in [-0.05, 0) is 50.6 Å². The van der Waals surface area contributed by atoms with Gasteiger partial charge in [0.05, 0.1) is 6.54 Å². The van der Waals surface area contributed by atoms with Gasteiger partial charge in [0, 0.05) is 16.1 Å². The summed E-state index contributed by atoms with van der Waals surface area (Å²) in [5, 5.41) is 9.49. The van der Waals surface area contributed by atoms with Gasteiger partial charge in [0.25, 0.3) is 5.91 Å². The zero-order valence-corrected chi connectivity index (χ0v) is 13.7. The summed E-state index contributed by atoms with van der Waals surface area (Å²) in [6, 6.07) is 6.88. The van der Waals surface area contributed by atoms with Crippen LogP contribution < -0.4 is 20.7 Å². The van der Waals surface area contributed by atoms with Crippen molar-refractivity contribution < 1.29 is 14.3 Å². The Morgan fingerprint density at radius 2 is 1.65 bits per heavy atom. The number of benzene rings is 1. The molecule has 3 N–H and O–H groups in total. The Kier molecular flexibility index (Phi) is 4.21. The summed E-state index contributed by atoms with van der Waals surface area (Å²) in [5.74, 6) is 0.464. The molecular formula is C16H20ClN3O3. The number of hydrogen-bond donors (Lipinski definition) is 3. The van der Waals surface area contributed by atoms with Crippen molar-refractivity contribution in [2.24, 2.45) is 0 Å². The molecule has 2 amide bonds. The van der Waals surface area contributed by atoms with Crippen molar-refractivity contribution in [2.75, 3.05) is 20.2 Å². The third kappa shape index (κ3) is 3.43. The van der Waals surface area contributed by atoms with Gasteiger partial charge >= 0.3 is 0 Å². The third-order valence-electron chi connectivity index (χ3n) is 4.36. The highest BCUT2D eigenvalue weighted by Crippen LogP contribution is 2.60. The average molecular weight is 338 g/mol. The van der Waals surface area contributed by atoms with Crippen LogP contribution in [-0.4, -0.2) is 43.1 Å². The maximum atomic E-state index is 12.0. The molecule has 0 radical (unpaired) electrons. The Balaban J connectivity index is 1.39. The van der Waals surface area contributed by atoms with Crippen molar-refractivity contribution in [1.82, 2.24) is 16.0 Å². The molecule has 1 aromatic rings. The Morgan fingerprint density at radius 1 is 1.09 bits per heavy atom. The second kappa shape index (κ2) is 6.02. The highest BCUT2D eigenvalue weighted by Gasteiger charge is 2.69. The maximum absolute atomic E-state index is 12.0. The highest BCUT2D eigenvalue weighted by atomic mass is 35.5. The predicted molar refractivity (Wildman–Crippen MR) is 86.5 cm³/mol. The number of nitrogens with one attached hydrogen (secondary N) is 3. The lowest BCUT2D eigenvalue weighted by Crippen LogP contribution is -2.84. The van der Waals surface area contributed by atoms with Crippen molar-refractivity contribution in [3.63, 3.8) is 0 Å². The smallest absolute Gasteiger partial charge is 0.258 e. The molecule has 0 saturated heterocycles. The van der Waals surface area contributed by atoms with Crippen molar-refractivity contribution in [2.45, 2.75) is 30.3 Å². The van der Waals surface area contributed by atoms with Crippen LogP contribution in [0.1, 0.15) is 19.3 Å². The van der Waals surface area contributed by atoms with Gasteiger partial charge in [-0.3, -0.25) is 9.59 Å². The van der Waals surface area contributed by atoms with Crippen molar-refractivity contribution >= 4 is 23.4 Å². The van der Waals surface area contributed by atoms with Gasteiger partial charge in [-0.15, -0.1) is 0 Å². The van der Waals surface area contributed by atoms with E-state index in [2.05, 4.69) is 16.0 Å². The van der Waals surface area contributed by atoms with Crippen molar-refractivity contribution in [3.8, 4) is 5.75 Å². The van der Waals surface area contributed by atoms with E-state index < -0.39 is 0 Å². The number of carbonyl (C=O) groups excluding carboxylic acids is 2. The summed E-state index contributed by atoms with van der Waals surface area (Å²) >= 11 is 5.79. The van der Waals surface area contributed by atoms with E-state index in [1.165, 1.54) is 0 Å². The van der Waals surface area contributed by atoms with Crippen LogP contribution >= 0.6 is 11.6 Å². The van der Waals surface area contributed by atoms with E-state index in [-0.39, 0.29) is 29.5 Å². The molecule has 4 rings (SSSR count). The molecule has 0 heterocycles. The molecule has 23 heavy (non-hydrogen) atoms. The number of amides is 2. The van der Waals surface area contributed by atoms with Gasteiger partial charge in [-0.25, -0.2) is 0 Å². The van der Waals surface area contributed by atoms with Crippen molar-refractivity contribution in [3.05, 3.63) is 29.3 Å². The summed E-state index contributed by atoms with van der Waals surface area (Å²) in [4.78, 5) is 23.6. The standard InChI is InChI=1S/C16H20ClN3O3/c1-18-6-13(21)19-15-8-16(9-15,10-15)20-14(22)7-23-12-4-2-11(17)3-5-12/h2-5,18H,6-10H2,1H3,(H,19,21)(H,20,22). The second-order valence-corrected chi connectivity index (χ2v) is 6.90. The van der Waals surface area contributed by atoms with Crippen LogP contribution in [0.15, 0.2) is 24.3 Å². The lowest BCUT2D eigenvalue weighted by atomic mass is 9.44. The molecule has 0 aromatic heterocycles. The van der Waals surface area contributed by atoms with Crippen LogP contribution in [0.5, 0.6) is 5.75 Å². The second-order valence-electron chi connectivity index (χ2n) is 6.46. The molecule has 3 aliphatic rings. The fraction of sp³-hybridized carbons (Fsp3) is 0.500. The van der Waals surface area contributed by atoms with Gasteiger partial charge in [0.1, 0.15) is 5.75 Å². The number of rotatable bonds is 7. The Morgan fingerprint density at radius 3 is 2.22 bits per heavy atom. The first-order valence-corrected chi connectivity index (χ1v) is 7.97. The van der Waals surface area contributed by atoms with Gasteiger partial charge in [-0.2, -0.15) is 0 Å². The van der Waals surface area contributed by atoms with Crippen LogP contribution in [-0.2, 0) is 9.59 Å². The Hall–Kier alpha value is -1.79. The number of halogens is 1. The van der Waals surface area contributed by atoms with E-state index in [0.29, 0.717) is 17.3 Å². The van der Waals surface area contributed by atoms with Crippen LogP contribution in [0.2, 0.25) is 5.02 Å². The number of hydrogen-bond acceptors (Lipinski definition) is 4. The molecule has 3 fully saturated rings. The fourth-order valence-electron chi connectivity index (χ4n) is 3.57. The van der Waals surface area contributed by atoms with Gasteiger partial charge in [0.2, 0.25) is 5.91 Å². The molecule has 3 saturated carbocycles. The van der Waals surface area contributed by atoms with E-state index >= 15 is 0 Å². The molecule has 0 atom stereocenters. The van der Waals surface area contributed by atoms with Crippen molar-refractivity contribution in [1.29, 1.82) is 0 Å². The summed E-state index contributed by atoms with van der Waals surface area (Å²) in [5.41, 5.74) is -0.272. The van der Waals surface area contributed by atoms with Crippen LogP contribution in [0.4, 0.5) is 0 Å². The van der Waals surface area contributed by atoms with E-state index in [4.69, 9.17) is 16.3 Å². The minimum Gasteiger partial charge on any atom is -0.484 e. The molecule has 6 nitrogen and oxygen atoms in total. The zero-order valence-electron chi connectivity index (χ0n) is 12.9. The summed E-state index contributed by atoms with van der Waals surface area (Å²) in [6.07, 6.45) is 2.38. The zero-order chi connectivity index (χ0) is 16.5. The number of carbonyl (C=O) groups is 2. The largest absolute Gasteiger partial charge is 0.484 e. The molecule has 7 heteroatoms. The molecule has 124 valence electrons. The van der Waals surface area contributed by atoms with Gasteiger partial charge in [0.15, 0.2) is 6.61 Å². The number of ether oxygens (including phenoxy) is 1. The quantitative estimate of drug-likeness (QED) is 0.689. The highest BCUT2D eigenvalue weighted by molar-refractivity contribution is 6.30. The van der Waals surface area contributed by atoms with E-state index in [9.17, 15) is 9.59 Å². The molecule has 3 aliphatic carbocycles. The van der Waals surface area contributed by atoms with Gasteiger partial charge < -0.3 is 20.7 Å². The molecule has 0 spiro atoms. The topological polar surface area (TPSA) is 79.5 Å². The lowest BCUT2D eigenvalue weighted by Gasteiger charge is -2.70. The molecule has 2 bridgehead atoms. The Labute approximate surface area is 139 Å². The molecule has 0 unspecified atom stereocenters. The SMILES string of the molecule is CNCC(=O)NC12CC(NC(=O)COc3ccc(Cl)cc3)(C1)C2. The molecular weight excluding hydrogens is 318 g/mol. The minimum atomic E-state index is -0.159. The summed E-state index contributed by atoms with van der Waals surface area (Å²) < 4.78 is 5.43. The van der Waals surface area contributed by atoms with Gasteiger partial charge in [-0.1, -0.05) is 11.6 Å². The monoisotopic (exact) mass is 337 g/mol.